The number of ether oxygens (including phenoxy) is 1. The van der Waals surface area contributed by atoms with Crippen molar-refractivity contribution in [3.05, 3.63) is 89.0 Å². The van der Waals surface area contributed by atoms with Gasteiger partial charge in [-0.25, -0.2) is 8.42 Å². The maximum Gasteiger partial charge on any atom is 0.229 e. The van der Waals surface area contributed by atoms with Crippen LogP contribution in [-0.4, -0.2) is 50.0 Å². The topological polar surface area (TPSA) is 137 Å². The van der Waals surface area contributed by atoms with E-state index in [4.69, 9.17) is 4.74 Å². The van der Waals surface area contributed by atoms with Gasteiger partial charge in [0.1, 0.15) is 11.5 Å². The molecule has 1 atom stereocenters. The van der Waals surface area contributed by atoms with Crippen molar-refractivity contribution < 1.29 is 28.2 Å². The summed E-state index contributed by atoms with van der Waals surface area (Å²) < 4.78 is 30.5. The summed E-state index contributed by atoms with van der Waals surface area (Å²) in [6, 6.07) is 19.7. The smallest absolute Gasteiger partial charge is 0.229 e. The zero-order valence-electron chi connectivity index (χ0n) is 22.7. The zero-order chi connectivity index (χ0) is 28.6. The fourth-order valence-electron chi connectivity index (χ4n) is 4.19. The van der Waals surface area contributed by atoms with E-state index in [0.717, 1.165) is 28.7 Å². The van der Waals surface area contributed by atoms with Gasteiger partial charge in [0.25, 0.3) is 0 Å². The first-order chi connectivity index (χ1) is 18.3. The van der Waals surface area contributed by atoms with Crippen LogP contribution in [0.4, 0.5) is 5.69 Å². The van der Waals surface area contributed by atoms with Crippen molar-refractivity contribution in [1.82, 2.24) is 10.6 Å². The lowest BCUT2D eigenvalue weighted by molar-refractivity contribution is -0.120. The number of hydrogen-bond donors (Lipinski definition) is 5. The number of nitrogens with one attached hydrogen (secondary N) is 3. The van der Waals surface area contributed by atoms with Crippen LogP contribution in [0.15, 0.2) is 66.7 Å². The van der Waals surface area contributed by atoms with Crippen LogP contribution >= 0.6 is 0 Å². The number of rotatable bonds is 13. The number of benzene rings is 3. The van der Waals surface area contributed by atoms with Gasteiger partial charge in [-0.05, 0) is 66.8 Å². The predicted octanol–water partition coefficient (Wildman–Crippen LogP) is 3.28. The quantitative estimate of drug-likeness (QED) is 0.204. The minimum absolute atomic E-state index is 0.0117. The van der Waals surface area contributed by atoms with Gasteiger partial charge in [-0.2, -0.15) is 0 Å². The van der Waals surface area contributed by atoms with Crippen LogP contribution in [0, 0.1) is 0 Å². The zero-order valence-corrected chi connectivity index (χ0v) is 23.5. The fraction of sp³-hybridized carbons (Fsp3) is 0.345. The molecule has 3 aromatic carbocycles. The van der Waals surface area contributed by atoms with E-state index in [2.05, 4.69) is 15.4 Å². The summed E-state index contributed by atoms with van der Waals surface area (Å²) >= 11 is 0. The van der Waals surface area contributed by atoms with Gasteiger partial charge >= 0.3 is 0 Å². The highest BCUT2D eigenvalue weighted by atomic mass is 32.2. The molecule has 1 unspecified atom stereocenters. The van der Waals surface area contributed by atoms with Crippen LogP contribution in [-0.2, 0) is 34.2 Å². The summed E-state index contributed by atoms with van der Waals surface area (Å²) in [6.45, 7) is 4.66. The molecule has 0 fully saturated rings. The predicted molar refractivity (Wildman–Crippen MR) is 152 cm³/mol. The third-order valence-corrected chi connectivity index (χ3v) is 6.69. The van der Waals surface area contributed by atoms with Crippen LogP contribution in [0.2, 0.25) is 0 Å². The lowest BCUT2D eigenvalue weighted by atomic mass is 9.93. The Kier molecular flexibility index (Phi) is 9.96. The number of aliphatic hydroxyl groups excluding tert-OH is 1. The number of carbonyl (C=O) groups is 1. The van der Waals surface area contributed by atoms with Crippen LogP contribution in [0.5, 0.6) is 11.5 Å². The van der Waals surface area contributed by atoms with Crippen molar-refractivity contribution in [2.45, 2.75) is 44.9 Å². The molecule has 0 aliphatic carbocycles. The Hall–Kier alpha value is -3.60. The number of carbonyl (C=O) groups excluding carboxylic acids is 1. The van der Waals surface area contributed by atoms with E-state index < -0.39 is 16.1 Å². The summed E-state index contributed by atoms with van der Waals surface area (Å²) in [6.07, 6.45) is 0.970. The monoisotopic (exact) mass is 555 g/mol. The number of methoxy groups -OCH3 is 1. The SMILES string of the molecule is COc1cccc(CNC(=O)Cc2cccc(CC(C)(C)NCC(O)c3ccc(O)c(NS(C)(=O)=O)c3)c2)c1. The fourth-order valence-corrected chi connectivity index (χ4v) is 4.75. The van der Waals surface area contributed by atoms with E-state index in [0.29, 0.717) is 18.5 Å². The second-order valence-electron chi connectivity index (χ2n) is 10.2. The Labute approximate surface area is 230 Å². The van der Waals surface area contributed by atoms with Gasteiger partial charge in [-0.3, -0.25) is 9.52 Å². The third kappa shape index (κ3) is 9.90. The summed E-state index contributed by atoms with van der Waals surface area (Å²) in [4.78, 5) is 12.5. The summed E-state index contributed by atoms with van der Waals surface area (Å²) in [7, 11) is -1.97. The van der Waals surface area contributed by atoms with E-state index in [1.54, 1.807) is 13.2 Å². The van der Waals surface area contributed by atoms with E-state index >= 15 is 0 Å². The number of phenolic OH excluding ortho intramolecular Hbond substituents is 1. The first-order valence-electron chi connectivity index (χ1n) is 12.5. The van der Waals surface area contributed by atoms with Crippen molar-refractivity contribution in [2.24, 2.45) is 0 Å². The molecule has 3 rings (SSSR count). The van der Waals surface area contributed by atoms with Crippen LogP contribution < -0.4 is 20.1 Å². The Bertz CT molecular complexity index is 1390. The van der Waals surface area contributed by atoms with Crippen molar-refractivity contribution >= 4 is 21.6 Å². The molecule has 0 aliphatic rings. The molecule has 3 aromatic rings. The Morgan fingerprint density at radius 3 is 2.41 bits per heavy atom. The number of amides is 1. The number of sulfonamides is 1. The largest absolute Gasteiger partial charge is 0.506 e. The van der Waals surface area contributed by atoms with Gasteiger partial charge in [0.05, 0.1) is 31.6 Å². The number of phenols is 1. The first kappa shape index (κ1) is 29.9. The van der Waals surface area contributed by atoms with E-state index in [-0.39, 0.29) is 35.8 Å². The van der Waals surface area contributed by atoms with Crippen LogP contribution in [0.3, 0.4) is 0 Å². The molecular formula is C29H37N3O6S. The Morgan fingerprint density at radius 1 is 1.00 bits per heavy atom. The number of β-amino-alcohol motifs (C(OH)–C–C–N with tert-alkyl or cyclic N) is 1. The van der Waals surface area contributed by atoms with Gasteiger partial charge in [0.15, 0.2) is 0 Å². The molecule has 9 nitrogen and oxygen atoms in total. The van der Waals surface area contributed by atoms with Gasteiger partial charge in [-0.15, -0.1) is 0 Å². The number of anilines is 1. The average Bonchev–Trinajstić information content (AvgIpc) is 2.86. The van der Waals surface area contributed by atoms with Crippen LogP contribution in [0.1, 0.15) is 42.2 Å². The minimum atomic E-state index is -3.58. The van der Waals surface area contributed by atoms with E-state index in [9.17, 15) is 23.4 Å². The summed E-state index contributed by atoms with van der Waals surface area (Å²) in [5.41, 5.74) is 2.99. The van der Waals surface area contributed by atoms with E-state index in [1.807, 2.05) is 62.4 Å². The van der Waals surface area contributed by atoms with Gasteiger partial charge < -0.3 is 25.6 Å². The molecule has 210 valence electrons. The molecule has 1 amide bonds. The molecule has 39 heavy (non-hydrogen) atoms. The normalized spacial score (nSPS) is 12.5. The lowest BCUT2D eigenvalue weighted by Gasteiger charge is -2.28. The van der Waals surface area contributed by atoms with Gasteiger partial charge in [0.2, 0.25) is 15.9 Å². The maximum atomic E-state index is 12.5. The minimum Gasteiger partial charge on any atom is -0.506 e. The van der Waals surface area contributed by atoms with Crippen molar-refractivity contribution in [1.29, 1.82) is 0 Å². The molecule has 0 aliphatic heterocycles. The Morgan fingerprint density at radius 2 is 1.69 bits per heavy atom. The number of aromatic hydroxyl groups is 1. The highest BCUT2D eigenvalue weighted by molar-refractivity contribution is 7.92. The molecule has 0 saturated carbocycles. The molecule has 0 aromatic heterocycles. The summed E-state index contributed by atoms with van der Waals surface area (Å²) in [5, 5.41) is 26.9. The molecule has 0 saturated heterocycles. The molecule has 0 bridgehead atoms. The van der Waals surface area contributed by atoms with Crippen molar-refractivity contribution in [3.63, 3.8) is 0 Å². The second-order valence-corrected chi connectivity index (χ2v) is 12.0. The lowest BCUT2D eigenvalue weighted by Crippen LogP contribution is -2.43. The molecule has 0 heterocycles. The molecule has 0 spiro atoms. The standard InChI is InChI=1S/C29H37N3O6S/c1-29(2,31-19-27(34)23-11-12-26(33)25(16-23)32-39(4,36)37)17-21-8-5-7-20(13-21)15-28(35)30-18-22-9-6-10-24(14-22)38-3/h5-14,16,27,31-34H,15,17-19H2,1-4H3,(H,30,35). The van der Waals surface area contributed by atoms with Gasteiger partial charge in [-0.1, -0.05) is 42.5 Å². The molecule has 0 radical (unpaired) electrons. The number of aliphatic hydroxyl groups is 1. The highest BCUT2D eigenvalue weighted by Gasteiger charge is 2.21. The highest BCUT2D eigenvalue weighted by Crippen LogP contribution is 2.28. The third-order valence-electron chi connectivity index (χ3n) is 6.10. The Balaban J connectivity index is 1.55. The van der Waals surface area contributed by atoms with Crippen molar-refractivity contribution in [2.75, 3.05) is 24.6 Å². The second kappa shape index (κ2) is 13.0. The summed E-state index contributed by atoms with van der Waals surface area (Å²) in [5.74, 6) is 0.447. The molecular weight excluding hydrogens is 518 g/mol. The molecule has 5 N–H and O–H groups in total. The maximum absolute atomic E-state index is 12.5. The first-order valence-corrected chi connectivity index (χ1v) is 14.4. The van der Waals surface area contributed by atoms with Crippen LogP contribution in [0.25, 0.3) is 0 Å². The number of hydrogen-bond acceptors (Lipinski definition) is 7. The van der Waals surface area contributed by atoms with Gasteiger partial charge in [0, 0.05) is 18.6 Å². The van der Waals surface area contributed by atoms with Crippen molar-refractivity contribution in [3.8, 4) is 11.5 Å². The van der Waals surface area contributed by atoms with E-state index in [1.165, 1.54) is 12.1 Å². The average molecular weight is 556 g/mol. The molecule has 10 heteroatoms.